The van der Waals surface area contributed by atoms with Crippen LogP contribution in [0.1, 0.15) is 147 Å². The summed E-state index contributed by atoms with van der Waals surface area (Å²) in [5.74, 6) is 3.66. The molecule has 0 aliphatic heterocycles. The van der Waals surface area contributed by atoms with E-state index in [1.807, 2.05) is 11.1 Å². The summed E-state index contributed by atoms with van der Waals surface area (Å²) in [4.78, 5) is 0. The Morgan fingerprint density at radius 1 is 0.850 bits per heavy atom. The molecule has 0 aromatic carbocycles. The number of aliphatic hydroxyl groups excluding tert-OH is 1. The predicted molar refractivity (Wildman–Crippen MR) is 173 cm³/mol. The Morgan fingerprint density at radius 3 is 2.05 bits per heavy atom. The lowest BCUT2D eigenvalue weighted by atomic mass is 9.43. The van der Waals surface area contributed by atoms with Crippen LogP contribution in [0, 0.1) is 51.2 Å². The maximum absolute atomic E-state index is 10.8. The molecule has 2 fully saturated rings. The van der Waals surface area contributed by atoms with Crippen molar-refractivity contribution in [2.24, 2.45) is 51.2 Å². The lowest BCUT2D eigenvalue weighted by molar-refractivity contribution is -0.0962. The molecule has 0 unspecified atom stereocenters. The third-order valence-corrected chi connectivity index (χ3v) is 12.6. The average molecular weight is 557 g/mol. The fourth-order valence-corrected chi connectivity index (χ4v) is 10.0. The van der Waals surface area contributed by atoms with Gasteiger partial charge in [0.2, 0.25) is 0 Å². The molecule has 2 nitrogen and oxygen atoms in total. The molecule has 0 saturated heterocycles. The highest BCUT2D eigenvalue weighted by molar-refractivity contribution is 5.38. The molecule has 0 bridgehead atoms. The Kier molecular flexibility index (Phi) is 11.0. The summed E-state index contributed by atoms with van der Waals surface area (Å²) in [6.07, 6.45) is 15.2. The first-order valence-corrected chi connectivity index (χ1v) is 17.1. The zero-order chi connectivity index (χ0) is 30.1. The first-order chi connectivity index (χ1) is 18.5. The second kappa shape index (κ2) is 13.0. The van der Waals surface area contributed by atoms with Gasteiger partial charge in [-0.25, -0.2) is 0 Å². The Balaban J connectivity index is 0.000000424. The number of hydrogen-bond donors (Lipinski definition) is 1. The van der Waals surface area contributed by atoms with E-state index in [4.69, 9.17) is 4.74 Å². The van der Waals surface area contributed by atoms with Crippen LogP contribution in [0.2, 0.25) is 0 Å². The molecule has 40 heavy (non-hydrogen) atoms. The zero-order valence-corrected chi connectivity index (χ0v) is 28.9. The second-order valence-corrected chi connectivity index (χ2v) is 16.9. The minimum atomic E-state index is -0.130. The number of hydrogen-bond acceptors (Lipinski definition) is 2. The number of fused-ring (bicyclic) bond motifs is 4. The van der Waals surface area contributed by atoms with Crippen LogP contribution in [-0.4, -0.2) is 24.4 Å². The highest BCUT2D eigenvalue weighted by Crippen LogP contribution is 2.72. The van der Waals surface area contributed by atoms with Crippen molar-refractivity contribution in [3.63, 3.8) is 0 Å². The summed E-state index contributed by atoms with van der Waals surface area (Å²) >= 11 is 0. The molecule has 2 saturated carbocycles. The lowest BCUT2D eigenvalue weighted by Crippen LogP contribution is -2.55. The highest BCUT2D eigenvalue weighted by Gasteiger charge is 2.63. The summed E-state index contributed by atoms with van der Waals surface area (Å²) in [7, 11) is 0. The van der Waals surface area contributed by atoms with Crippen LogP contribution in [0.5, 0.6) is 0 Å². The summed E-state index contributed by atoms with van der Waals surface area (Å²) in [6, 6.07) is 0. The van der Waals surface area contributed by atoms with Crippen LogP contribution >= 0.6 is 0 Å². The standard InChI is InChI=1S/C30H50O.C8H18O/c1-20(2)10-9-11-21(3)22-14-18-30(8)24-12-13-25-27(4,5)26(31)16-17-28(25,6)23(24)15-19-29(22,30)7;1-7(2)5-9-6-8(3)4/h10,21-22,25-26,31H,9,11-19H2,1-8H3;7-8H,5-6H2,1-4H3/t21-,22-,25+,26+,28-,29-,30+;/m1./s1. The van der Waals surface area contributed by atoms with Gasteiger partial charge in [0.1, 0.15) is 0 Å². The minimum absolute atomic E-state index is 0.0465. The monoisotopic (exact) mass is 557 g/mol. The molecule has 2 heteroatoms. The molecular formula is C38H68O2. The van der Waals surface area contributed by atoms with Crippen molar-refractivity contribution in [2.45, 2.75) is 153 Å². The van der Waals surface area contributed by atoms with E-state index in [1.165, 1.54) is 63.4 Å². The van der Waals surface area contributed by atoms with Crippen LogP contribution in [-0.2, 0) is 4.74 Å². The van der Waals surface area contributed by atoms with Crippen molar-refractivity contribution in [1.29, 1.82) is 0 Å². The van der Waals surface area contributed by atoms with E-state index < -0.39 is 0 Å². The summed E-state index contributed by atoms with van der Waals surface area (Å²) in [6.45, 7) is 30.1. The zero-order valence-electron chi connectivity index (χ0n) is 28.9. The molecule has 4 aliphatic carbocycles. The van der Waals surface area contributed by atoms with E-state index in [-0.39, 0.29) is 11.5 Å². The Morgan fingerprint density at radius 2 is 1.48 bits per heavy atom. The van der Waals surface area contributed by atoms with Gasteiger partial charge >= 0.3 is 0 Å². The third kappa shape index (κ3) is 6.49. The van der Waals surface area contributed by atoms with E-state index in [1.54, 1.807) is 0 Å². The van der Waals surface area contributed by atoms with Gasteiger partial charge in [0.15, 0.2) is 0 Å². The smallest absolute Gasteiger partial charge is 0.0594 e. The fourth-order valence-electron chi connectivity index (χ4n) is 10.0. The van der Waals surface area contributed by atoms with E-state index in [9.17, 15) is 5.11 Å². The number of allylic oxidation sites excluding steroid dienone is 4. The largest absolute Gasteiger partial charge is 0.393 e. The van der Waals surface area contributed by atoms with E-state index in [2.05, 4.69) is 89.2 Å². The molecule has 232 valence electrons. The SMILES string of the molecule is CC(C)=CCC[C@@H](C)[C@H]1CC[C@@]2(C)C3=C(CC[C@]12C)[C@@]1(C)CC[C@H](O)C(C)(C)[C@@H]1CC3.CC(C)COCC(C)C. The molecular weight excluding hydrogens is 488 g/mol. The first kappa shape index (κ1) is 33.9. The molecule has 0 amide bonds. The summed E-state index contributed by atoms with van der Waals surface area (Å²) < 4.78 is 5.36. The van der Waals surface area contributed by atoms with Gasteiger partial charge in [0, 0.05) is 13.2 Å². The molecule has 4 rings (SSSR count). The van der Waals surface area contributed by atoms with E-state index in [0.29, 0.717) is 34.0 Å². The molecule has 4 aliphatic rings. The van der Waals surface area contributed by atoms with Crippen molar-refractivity contribution in [3.05, 3.63) is 22.8 Å². The van der Waals surface area contributed by atoms with Gasteiger partial charge in [0.25, 0.3) is 0 Å². The van der Waals surface area contributed by atoms with Crippen molar-refractivity contribution in [2.75, 3.05) is 13.2 Å². The first-order valence-electron chi connectivity index (χ1n) is 17.1. The maximum Gasteiger partial charge on any atom is 0.0594 e. The van der Waals surface area contributed by atoms with E-state index >= 15 is 0 Å². The molecule has 0 aromatic heterocycles. The minimum Gasteiger partial charge on any atom is -0.393 e. The summed E-state index contributed by atoms with van der Waals surface area (Å²) in [5, 5.41) is 10.8. The van der Waals surface area contributed by atoms with Gasteiger partial charge in [-0.2, -0.15) is 0 Å². The highest BCUT2D eigenvalue weighted by atomic mass is 16.5. The quantitative estimate of drug-likeness (QED) is 0.301. The molecule has 0 radical (unpaired) electrons. The number of ether oxygens (including phenoxy) is 1. The molecule has 0 aromatic rings. The molecule has 0 heterocycles. The van der Waals surface area contributed by atoms with Crippen LogP contribution in [0.3, 0.4) is 0 Å². The molecule has 7 atom stereocenters. The Bertz CT molecular complexity index is 896. The predicted octanol–water partition coefficient (Wildman–Crippen LogP) is 10.8. The Labute approximate surface area is 250 Å². The third-order valence-electron chi connectivity index (χ3n) is 12.6. The van der Waals surface area contributed by atoms with Gasteiger partial charge in [0.05, 0.1) is 6.10 Å². The van der Waals surface area contributed by atoms with Crippen molar-refractivity contribution in [3.8, 4) is 0 Å². The van der Waals surface area contributed by atoms with Crippen LogP contribution in [0.15, 0.2) is 22.8 Å². The topological polar surface area (TPSA) is 29.5 Å². The van der Waals surface area contributed by atoms with Crippen molar-refractivity contribution < 1.29 is 9.84 Å². The van der Waals surface area contributed by atoms with Crippen LogP contribution < -0.4 is 0 Å². The molecule has 1 N–H and O–H groups in total. The number of aliphatic hydroxyl groups is 1. The maximum atomic E-state index is 10.8. The summed E-state index contributed by atoms with van der Waals surface area (Å²) in [5.41, 5.74) is 6.41. The number of rotatable bonds is 8. The van der Waals surface area contributed by atoms with Gasteiger partial charge in [-0.3, -0.25) is 0 Å². The van der Waals surface area contributed by atoms with Gasteiger partial charge < -0.3 is 9.84 Å². The lowest BCUT2D eigenvalue weighted by Gasteiger charge is -2.62. The normalized spacial score (nSPS) is 37.3. The Hall–Kier alpha value is -0.600. The average Bonchev–Trinajstić information content (AvgIpc) is 3.13. The van der Waals surface area contributed by atoms with Gasteiger partial charge in [-0.05, 0) is 129 Å². The van der Waals surface area contributed by atoms with Crippen molar-refractivity contribution >= 4 is 0 Å². The van der Waals surface area contributed by atoms with Gasteiger partial charge in [-0.1, -0.05) is 92.0 Å². The van der Waals surface area contributed by atoms with Crippen LogP contribution in [0.25, 0.3) is 0 Å². The van der Waals surface area contributed by atoms with Crippen molar-refractivity contribution in [1.82, 2.24) is 0 Å². The van der Waals surface area contributed by atoms with Gasteiger partial charge in [-0.15, -0.1) is 0 Å². The fraction of sp³-hybridized carbons (Fsp3) is 0.895. The second-order valence-electron chi connectivity index (χ2n) is 16.9. The molecule has 0 spiro atoms. The van der Waals surface area contributed by atoms with Crippen LogP contribution in [0.4, 0.5) is 0 Å². The van der Waals surface area contributed by atoms with E-state index in [0.717, 1.165) is 31.5 Å².